The molecule has 1 N–H and O–H groups in total. The van der Waals surface area contributed by atoms with Gasteiger partial charge in [0.1, 0.15) is 5.69 Å². The number of nitrogens with one attached hydrogen (secondary N) is 1. The van der Waals surface area contributed by atoms with Gasteiger partial charge < -0.3 is 9.88 Å². The van der Waals surface area contributed by atoms with Crippen LogP contribution in [0.4, 0.5) is 0 Å². The van der Waals surface area contributed by atoms with Gasteiger partial charge in [-0.25, -0.2) is 4.98 Å². The van der Waals surface area contributed by atoms with Crippen molar-refractivity contribution >= 4 is 5.91 Å². The molecule has 0 aliphatic carbocycles. The van der Waals surface area contributed by atoms with Gasteiger partial charge in [0.25, 0.3) is 11.5 Å². The molecule has 3 rings (SSSR count). The fraction of sp³-hybridized carbons (Fsp3) is 0.562. The average Bonchev–Trinajstić information content (AvgIpc) is 3.03. The van der Waals surface area contributed by atoms with Crippen molar-refractivity contribution < 1.29 is 4.79 Å². The van der Waals surface area contributed by atoms with Crippen LogP contribution in [0.2, 0.25) is 0 Å². The Balaban J connectivity index is 1.52. The number of nitrogens with zero attached hydrogens (tertiary/aromatic N) is 5. The van der Waals surface area contributed by atoms with E-state index in [1.807, 2.05) is 10.9 Å². The van der Waals surface area contributed by atoms with Crippen LogP contribution >= 0.6 is 0 Å². The molecule has 128 valence electrons. The molecule has 8 nitrogen and oxygen atoms in total. The van der Waals surface area contributed by atoms with E-state index in [4.69, 9.17) is 0 Å². The summed E-state index contributed by atoms with van der Waals surface area (Å²) in [4.78, 5) is 31.6. The Morgan fingerprint density at radius 1 is 1.38 bits per heavy atom. The van der Waals surface area contributed by atoms with Crippen LogP contribution in [0.1, 0.15) is 42.4 Å². The van der Waals surface area contributed by atoms with Crippen molar-refractivity contribution in [2.45, 2.75) is 39.2 Å². The maximum atomic E-state index is 12.4. The number of rotatable bonds is 5. The lowest BCUT2D eigenvalue weighted by Gasteiger charge is -2.31. The van der Waals surface area contributed by atoms with Crippen molar-refractivity contribution in [3.63, 3.8) is 0 Å². The molecule has 0 radical (unpaired) electrons. The Kier molecular flexibility index (Phi) is 5.02. The van der Waals surface area contributed by atoms with E-state index in [1.165, 1.54) is 6.20 Å². The number of carbonyl (C=O) groups excluding carboxylic acids is 1. The van der Waals surface area contributed by atoms with Crippen LogP contribution in [-0.4, -0.2) is 48.9 Å². The van der Waals surface area contributed by atoms with Crippen LogP contribution in [-0.2, 0) is 13.0 Å². The zero-order valence-electron chi connectivity index (χ0n) is 13.8. The lowest BCUT2D eigenvalue weighted by atomic mass is 9.96. The molecule has 0 bridgehead atoms. The van der Waals surface area contributed by atoms with Crippen molar-refractivity contribution in [2.24, 2.45) is 5.92 Å². The van der Waals surface area contributed by atoms with Crippen LogP contribution in [0.15, 0.2) is 23.4 Å². The first kappa shape index (κ1) is 16.4. The minimum absolute atomic E-state index is 0.129. The van der Waals surface area contributed by atoms with E-state index >= 15 is 0 Å². The van der Waals surface area contributed by atoms with E-state index in [1.54, 1.807) is 4.90 Å². The molecule has 1 aliphatic rings. The zero-order chi connectivity index (χ0) is 16.9. The first-order chi connectivity index (χ1) is 11.7. The third-order valence-corrected chi connectivity index (χ3v) is 4.33. The molecular weight excluding hydrogens is 308 g/mol. The summed E-state index contributed by atoms with van der Waals surface area (Å²) in [5.74, 6) is 0.365. The molecule has 0 aromatic carbocycles. The second kappa shape index (κ2) is 7.37. The number of aryl methyl sites for hydroxylation is 1. The number of hydrogen-bond acceptors (Lipinski definition) is 5. The van der Waals surface area contributed by atoms with Gasteiger partial charge >= 0.3 is 0 Å². The number of aromatic nitrogens is 5. The minimum Gasteiger partial charge on any atom is -0.337 e. The van der Waals surface area contributed by atoms with Crippen molar-refractivity contribution in [3.05, 3.63) is 40.3 Å². The number of aromatic amines is 1. The van der Waals surface area contributed by atoms with Crippen molar-refractivity contribution in [2.75, 3.05) is 13.1 Å². The average molecular weight is 330 g/mol. The Hall–Kier alpha value is -2.51. The molecule has 2 aromatic heterocycles. The van der Waals surface area contributed by atoms with Crippen LogP contribution in [0, 0.1) is 5.92 Å². The highest BCUT2D eigenvalue weighted by molar-refractivity contribution is 5.91. The molecule has 1 aliphatic heterocycles. The maximum Gasteiger partial charge on any atom is 0.273 e. The Labute approximate surface area is 139 Å². The smallest absolute Gasteiger partial charge is 0.273 e. The van der Waals surface area contributed by atoms with Gasteiger partial charge in [0.15, 0.2) is 0 Å². The van der Waals surface area contributed by atoms with Gasteiger partial charge in [-0.05, 0) is 25.2 Å². The summed E-state index contributed by atoms with van der Waals surface area (Å²) in [5.41, 5.74) is 1.02. The third-order valence-electron chi connectivity index (χ3n) is 4.33. The van der Waals surface area contributed by atoms with Gasteiger partial charge in [-0.2, -0.15) is 0 Å². The van der Waals surface area contributed by atoms with Gasteiger partial charge in [-0.15, -0.1) is 5.10 Å². The Morgan fingerprint density at radius 3 is 2.83 bits per heavy atom. The second-order valence-corrected chi connectivity index (χ2v) is 6.21. The zero-order valence-corrected chi connectivity index (χ0v) is 13.8. The van der Waals surface area contributed by atoms with E-state index in [-0.39, 0.29) is 17.2 Å². The summed E-state index contributed by atoms with van der Waals surface area (Å²) in [6.07, 6.45) is 8.42. The Morgan fingerprint density at radius 2 is 2.17 bits per heavy atom. The van der Waals surface area contributed by atoms with Gasteiger partial charge in [-0.3, -0.25) is 14.3 Å². The standard InChI is InChI=1S/C16H22N6O2/c1-2-3-13-11-22(20-19-13)10-12-4-6-21(7-5-12)16(24)14-8-18-15(23)9-17-14/h8-9,11-12H,2-7,10H2,1H3,(H,18,23). The monoisotopic (exact) mass is 330 g/mol. The van der Waals surface area contributed by atoms with E-state index in [0.29, 0.717) is 19.0 Å². The topological polar surface area (TPSA) is 96.8 Å². The summed E-state index contributed by atoms with van der Waals surface area (Å²) < 4.78 is 1.91. The van der Waals surface area contributed by atoms with Gasteiger partial charge in [0.05, 0.1) is 11.9 Å². The fourth-order valence-electron chi connectivity index (χ4n) is 3.00. The lowest BCUT2D eigenvalue weighted by Crippen LogP contribution is -2.40. The van der Waals surface area contributed by atoms with Gasteiger partial charge in [-0.1, -0.05) is 18.6 Å². The molecule has 1 fully saturated rings. The molecule has 24 heavy (non-hydrogen) atoms. The van der Waals surface area contributed by atoms with Crippen molar-refractivity contribution in [3.8, 4) is 0 Å². The van der Waals surface area contributed by atoms with Crippen LogP contribution < -0.4 is 5.56 Å². The number of hydrogen-bond donors (Lipinski definition) is 1. The summed E-state index contributed by atoms with van der Waals surface area (Å²) in [6, 6.07) is 0. The minimum atomic E-state index is -0.305. The summed E-state index contributed by atoms with van der Waals surface area (Å²) in [5, 5.41) is 8.35. The summed E-state index contributed by atoms with van der Waals surface area (Å²) in [7, 11) is 0. The van der Waals surface area contributed by atoms with E-state index in [9.17, 15) is 9.59 Å². The number of piperidine rings is 1. The van der Waals surface area contributed by atoms with Crippen LogP contribution in [0.3, 0.4) is 0 Å². The molecule has 0 saturated carbocycles. The normalized spacial score (nSPS) is 15.6. The molecular formula is C16H22N6O2. The highest BCUT2D eigenvalue weighted by atomic mass is 16.2. The first-order valence-corrected chi connectivity index (χ1v) is 8.38. The number of carbonyl (C=O) groups is 1. The molecule has 3 heterocycles. The van der Waals surface area contributed by atoms with Crippen molar-refractivity contribution in [1.82, 2.24) is 29.9 Å². The largest absolute Gasteiger partial charge is 0.337 e. The van der Waals surface area contributed by atoms with E-state index in [2.05, 4.69) is 27.2 Å². The third kappa shape index (κ3) is 3.87. The predicted octanol–water partition coefficient (Wildman–Crippen LogP) is 0.866. The highest BCUT2D eigenvalue weighted by Gasteiger charge is 2.24. The molecule has 0 unspecified atom stereocenters. The molecule has 0 spiro atoms. The van der Waals surface area contributed by atoms with Crippen LogP contribution in [0.25, 0.3) is 0 Å². The maximum absolute atomic E-state index is 12.4. The molecule has 2 aromatic rings. The van der Waals surface area contributed by atoms with Crippen molar-refractivity contribution in [1.29, 1.82) is 0 Å². The summed E-state index contributed by atoms with van der Waals surface area (Å²) >= 11 is 0. The number of amides is 1. The van der Waals surface area contributed by atoms with Gasteiger partial charge in [0.2, 0.25) is 0 Å². The summed E-state index contributed by atoms with van der Waals surface area (Å²) in [6.45, 7) is 4.36. The SMILES string of the molecule is CCCc1cn(CC2CCN(C(=O)c3c[nH]c(=O)cn3)CC2)nn1. The van der Waals surface area contributed by atoms with Crippen LogP contribution in [0.5, 0.6) is 0 Å². The van der Waals surface area contributed by atoms with Gasteiger partial charge in [0, 0.05) is 32.0 Å². The predicted molar refractivity (Wildman–Crippen MR) is 87.5 cm³/mol. The lowest BCUT2D eigenvalue weighted by molar-refractivity contribution is 0.0674. The molecule has 1 amide bonds. The number of H-pyrrole nitrogens is 1. The highest BCUT2D eigenvalue weighted by Crippen LogP contribution is 2.20. The second-order valence-electron chi connectivity index (χ2n) is 6.21. The molecule has 1 saturated heterocycles. The first-order valence-electron chi connectivity index (χ1n) is 8.38. The number of likely N-dealkylation sites (tertiary alicyclic amines) is 1. The van der Waals surface area contributed by atoms with E-state index < -0.39 is 0 Å². The molecule has 8 heteroatoms. The molecule has 0 atom stereocenters. The fourth-order valence-corrected chi connectivity index (χ4v) is 3.00. The quantitative estimate of drug-likeness (QED) is 0.877. The Bertz CT molecular complexity index is 725. The van der Waals surface area contributed by atoms with E-state index in [0.717, 1.165) is 44.1 Å².